The quantitative estimate of drug-likeness (QED) is 0.294. The SMILES string of the molecule is CC(C)(C)[Si](C)(C)OCCC[C@@H](OC(=O)C(c1ccccc1)c1ccccc1)C(=O)O. The molecule has 0 aliphatic heterocycles. The van der Waals surface area contributed by atoms with Gasteiger partial charge in [0, 0.05) is 6.61 Å². The first kappa shape index (κ1) is 24.8. The first-order valence-corrected chi connectivity index (χ1v) is 13.6. The second-order valence-electron chi connectivity index (χ2n) is 9.27. The average molecular weight is 443 g/mol. The molecule has 0 bridgehead atoms. The lowest BCUT2D eigenvalue weighted by molar-refractivity contribution is -0.165. The minimum absolute atomic E-state index is 0.0876. The molecule has 0 fully saturated rings. The summed E-state index contributed by atoms with van der Waals surface area (Å²) < 4.78 is 11.6. The van der Waals surface area contributed by atoms with E-state index in [4.69, 9.17) is 9.16 Å². The standard InChI is InChI=1S/C25H34O5Si/c1-25(2,3)31(4,5)29-18-12-17-21(23(26)27)30-24(28)22(19-13-8-6-9-14-19)20-15-10-7-11-16-20/h6-11,13-16,21-22H,12,17-18H2,1-5H3,(H,26,27)/t21-/m1/s1. The van der Waals surface area contributed by atoms with E-state index in [-0.39, 0.29) is 11.5 Å². The van der Waals surface area contributed by atoms with Crippen LogP contribution in [0.1, 0.15) is 50.7 Å². The van der Waals surface area contributed by atoms with Crippen molar-refractivity contribution in [3.05, 3.63) is 71.8 Å². The molecule has 0 aliphatic rings. The Balaban J connectivity index is 2.07. The topological polar surface area (TPSA) is 72.8 Å². The van der Waals surface area contributed by atoms with Gasteiger partial charge in [-0.05, 0) is 42.1 Å². The van der Waals surface area contributed by atoms with E-state index in [0.29, 0.717) is 13.0 Å². The Morgan fingerprint density at radius 3 is 1.84 bits per heavy atom. The van der Waals surface area contributed by atoms with E-state index in [9.17, 15) is 14.7 Å². The van der Waals surface area contributed by atoms with Gasteiger partial charge in [0.15, 0.2) is 14.4 Å². The Morgan fingerprint density at radius 1 is 0.935 bits per heavy atom. The number of carboxylic acids is 1. The fourth-order valence-electron chi connectivity index (χ4n) is 3.01. The molecule has 0 aliphatic carbocycles. The van der Waals surface area contributed by atoms with Crippen LogP contribution in [-0.4, -0.2) is 38.1 Å². The number of carbonyl (C=O) groups excluding carboxylic acids is 1. The molecule has 6 heteroatoms. The molecule has 0 amide bonds. The molecule has 2 aromatic rings. The van der Waals surface area contributed by atoms with Crippen molar-refractivity contribution in [2.24, 2.45) is 0 Å². The van der Waals surface area contributed by atoms with Crippen LogP contribution in [-0.2, 0) is 18.8 Å². The van der Waals surface area contributed by atoms with Crippen molar-refractivity contribution in [2.75, 3.05) is 6.61 Å². The molecule has 168 valence electrons. The molecule has 0 saturated carbocycles. The van der Waals surface area contributed by atoms with Crippen LogP contribution in [0, 0.1) is 0 Å². The number of benzene rings is 2. The predicted molar refractivity (Wildman–Crippen MR) is 125 cm³/mol. The highest BCUT2D eigenvalue weighted by Crippen LogP contribution is 2.36. The molecule has 31 heavy (non-hydrogen) atoms. The summed E-state index contributed by atoms with van der Waals surface area (Å²) in [6.07, 6.45) is -0.477. The number of ether oxygens (including phenoxy) is 1. The molecule has 0 saturated heterocycles. The lowest BCUT2D eigenvalue weighted by Crippen LogP contribution is -2.41. The van der Waals surface area contributed by atoms with Crippen LogP contribution in [0.5, 0.6) is 0 Å². The van der Waals surface area contributed by atoms with Gasteiger partial charge in [0.1, 0.15) is 5.92 Å². The monoisotopic (exact) mass is 442 g/mol. The lowest BCUT2D eigenvalue weighted by Gasteiger charge is -2.36. The van der Waals surface area contributed by atoms with Crippen molar-refractivity contribution in [3.8, 4) is 0 Å². The Hall–Kier alpha value is -2.44. The second-order valence-corrected chi connectivity index (χ2v) is 14.1. The molecule has 1 atom stereocenters. The lowest BCUT2D eigenvalue weighted by atomic mass is 9.91. The van der Waals surface area contributed by atoms with Gasteiger partial charge < -0.3 is 14.3 Å². The summed E-state index contributed by atoms with van der Waals surface area (Å²) in [5.74, 6) is -2.37. The molecule has 5 nitrogen and oxygen atoms in total. The maximum atomic E-state index is 13.1. The number of carbonyl (C=O) groups is 2. The van der Waals surface area contributed by atoms with E-state index in [1.165, 1.54) is 0 Å². The van der Waals surface area contributed by atoms with Crippen LogP contribution in [0.15, 0.2) is 60.7 Å². The van der Waals surface area contributed by atoms with Crippen molar-refractivity contribution in [2.45, 2.75) is 63.8 Å². The minimum atomic E-state index is -1.90. The Bertz CT molecular complexity index is 804. The zero-order chi connectivity index (χ0) is 23.1. The number of carboxylic acid groups (broad SMARTS) is 1. The maximum Gasteiger partial charge on any atom is 0.345 e. The van der Waals surface area contributed by atoms with Gasteiger partial charge in [-0.2, -0.15) is 0 Å². The van der Waals surface area contributed by atoms with Gasteiger partial charge in [0.25, 0.3) is 0 Å². The van der Waals surface area contributed by atoms with Crippen molar-refractivity contribution in [1.82, 2.24) is 0 Å². The van der Waals surface area contributed by atoms with E-state index >= 15 is 0 Å². The average Bonchev–Trinajstić information content (AvgIpc) is 2.71. The number of rotatable bonds is 10. The summed E-state index contributed by atoms with van der Waals surface area (Å²) in [5.41, 5.74) is 1.54. The van der Waals surface area contributed by atoms with E-state index in [2.05, 4.69) is 33.9 Å². The van der Waals surface area contributed by atoms with Crippen LogP contribution in [0.3, 0.4) is 0 Å². The van der Waals surface area contributed by atoms with E-state index in [1.807, 2.05) is 60.7 Å². The van der Waals surface area contributed by atoms with Gasteiger partial charge >= 0.3 is 11.9 Å². The maximum absolute atomic E-state index is 13.1. The third-order valence-electron chi connectivity index (χ3n) is 5.92. The summed E-state index contributed by atoms with van der Waals surface area (Å²) in [6, 6.07) is 18.6. The third kappa shape index (κ3) is 7.04. The number of aliphatic carboxylic acids is 1. The highest BCUT2D eigenvalue weighted by atomic mass is 28.4. The van der Waals surface area contributed by atoms with Crippen LogP contribution >= 0.6 is 0 Å². The van der Waals surface area contributed by atoms with Gasteiger partial charge in [0.05, 0.1) is 0 Å². The van der Waals surface area contributed by atoms with Crippen LogP contribution in [0.4, 0.5) is 0 Å². The predicted octanol–water partition coefficient (Wildman–Crippen LogP) is 5.62. The number of hydrogen-bond donors (Lipinski definition) is 1. The van der Waals surface area contributed by atoms with Crippen LogP contribution in [0.25, 0.3) is 0 Å². The van der Waals surface area contributed by atoms with Gasteiger partial charge in [0.2, 0.25) is 0 Å². The minimum Gasteiger partial charge on any atom is -0.479 e. The molecular weight excluding hydrogens is 408 g/mol. The van der Waals surface area contributed by atoms with Crippen molar-refractivity contribution in [3.63, 3.8) is 0 Å². The van der Waals surface area contributed by atoms with Gasteiger partial charge in [-0.25, -0.2) is 4.79 Å². The number of esters is 1. The fourth-order valence-corrected chi connectivity index (χ4v) is 4.10. The van der Waals surface area contributed by atoms with Gasteiger partial charge in [-0.3, -0.25) is 4.79 Å². The highest BCUT2D eigenvalue weighted by molar-refractivity contribution is 6.74. The second kappa shape index (κ2) is 10.7. The number of hydrogen-bond acceptors (Lipinski definition) is 4. The molecule has 0 unspecified atom stereocenters. The van der Waals surface area contributed by atoms with Gasteiger partial charge in [-0.1, -0.05) is 81.4 Å². The molecule has 0 spiro atoms. The molecule has 1 N–H and O–H groups in total. The van der Waals surface area contributed by atoms with Crippen molar-refractivity contribution >= 4 is 20.3 Å². The third-order valence-corrected chi connectivity index (χ3v) is 10.5. The van der Waals surface area contributed by atoms with Crippen LogP contribution in [0.2, 0.25) is 18.1 Å². The summed E-state index contributed by atoms with van der Waals surface area (Å²) in [4.78, 5) is 24.8. The highest BCUT2D eigenvalue weighted by Gasteiger charge is 2.37. The smallest absolute Gasteiger partial charge is 0.345 e. The van der Waals surface area contributed by atoms with E-state index in [1.54, 1.807) is 0 Å². The molecule has 2 aromatic carbocycles. The first-order valence-electron chi connectivity index (χ1n) is 10.7. The van der Waals surface area contributed by atoms with Crippen LogP contribution < -0.4 is 0 Å². The molecule has 2 rings (SSSR count). The largest absolute Gasteiger partial charge is 0.479 e. The zero-order valence-electron chi connectivity index (χ0n) is 19.1. The Labute approximate surface area is 186 Å². The van der Waals surface area contributed by atoms with E-state index < -0.39 is 32.3 Å². The molecule has 0 heterocycles. The molecular formula is C25H34O5Si. The van der Waals surface area contributed by atoms with Crippen molar-refractivity contribution < 1.29 is 23.9 Å². The van der Waals surface area contributed by atoms with E-state index in [0.717, 1.165) is 11.1 Å². The Morgan fingerprint density at radius 2 is 1.42 bits per heavy atom. The Kier molecular flexibility index (Phi) is 8.59. The normalized spacial score (nSPS) is 13.1. The summed E-state index contributed by atoms with van der Waals surface area (Å²) in [5, 5.41) is 9.71. The zero-order valence-corrected chi connectivity index (χ0v) is 20.1. The molecule has 0 radical (unpaired) electrons. The first-order chi connectivity index (χ1) is 14.5. The van der Waals surface area contributed by atoms with Crippen molar-refractivity contribution in [1.29, 1.82) is 0 Å². The molecule has 0 aromatic heterocycles. The summed E-state index contributed by atoms with van der Waals surface area (Å²) in [7, 11) is -1.90. The van der Waals surface area contributed by atoms with Gasteiger partial charge in [-0.15, -0.1) is 0 Å². The summed E-state index contributed by atoms with van der Waals surface area (Å²) in [6.45, 7) is 11.3. The fraction of sp³-hybridized carbons (Fsp3) is 0.440. The summed E-state index contributed by atoms with van der Waals surface area (Å²) >= 11 is 0.